The van der Waals surface area contributed by atoms with E-state index in [-0.39, 0.29) is 6.54 Å². The van der Waals surface area contributed by atoms with Gasteiger partial charge in [0.25, 0.3) is 0 Å². The van der Waals surface area contributed by atoms with Crippen molar-refractivity contribution in [1.29, 1.82) is 0 Å². The Bertz CT molecular complexity index is 700. The minimum Gasteiger partial charge on any atom is -0.489 e. The second-order valence-corrected chi connectivity index (χ2v) is 5.66. The third-order valence-corrected chi connectivity index (χ3v) is 3.82. The summed E-state index contributed by atoms with van der Waals surface area (Å²) in [6, 6.07) is 16.8. The van der Waals surface area contributed by atoms with Crippen molar-refractivity contribution in [3.8, 4) is 5.75 Å². The number of esters is 2. The molecule has 1 unspecified atom stereocenters. The van der Waals surface area contributed by atoms with E-state index in [0.717, 1.165) is 16.9 Å². The number of hydrogen-bond donors (Lipinski definition) is 1. The number of carbonyl (C=O) groups is 2. The molecule has 0 fully saturated rings. The van der Waals surface area contributed by atoms with Gasteiger partial charge in [-0.3, -0.25) is 14.9 Å². The van der Waals surface area contributed by atoms with Crippen LogP contribution in [0.25, 0.3) is 0 Å². The minimum absolute atomic E-state index is 0.0610. The number of rotatable bonds is 9. The molecule has 0 saturated heterocycles. The maximum absolute atomic E-state index is 11.9. The molecule has 0 spiro atoms. The van der Waals surface area contributed by atoms with Gasteiger partial charge in [0.2, 0.25) is 0 Å². The van der Waals surface area contributed by atoms with E-state index in [2.05, 4.69) is 10.1 Å². The zero-order valence-corrected chi connectivity index (χ0v) is 14.9. The highest BCUT2D eigenvalue weighted by atomic mass is 16.5. The molecule has 1 N–H and O–H groups in total. The van der Waals surface area contributed by atoms with Gasteiger partial charge < -0.3 is 14.2 Å². The van der Waals surface area contributed by atoms with Crippen molar-refractivity contribution in [2.24, 2.45) is 0 Å². The molecule has 0 aliphatic rings. The van der Waals surface area contributed by atoms with Gasteiger partial charge in [-0.25, -0.2) is 0 Å². The van der Waals surface area contributed by atoms with Crippen LogP contribution in [0.5, 0.6) is 5.75 Å². The lowest BCUT2D eigenvalue weighted by Gasteiger charge is -2.16. The first-order chi connectivity index (χ1) is 12.6. The molecule has 0 aliphatic heterocycles. The lowest BCUT2D eigenvalue weighted by atomic mass is 10.1. The van der Waals surface area contributed by atoms with Crippen molar-refractivity contribution in [3.63, 3.8) is 0 Å². The van der Waals surface area contributed by atoms with Gasteiger partial charge in [-0.1, -0.05) is 42.5 Å². The largest absolute Gasteiger partial charge is 0.489 e. The predicted octanol–water partition coefficient (Wildman–Crippen LogP) is 2.11. The van der Waals surface area contributed by atoms with E-state index in [1.165, 1.54) is 14.2 Å². The average molecular weight is 357 g/mol. The third kappa shape index (κ3) is 6.22. The molecule has 6 heteroatoms. The van der Waals surface area contributed by atoms with Crippen LogP contribution in [0.2, 0.25) is 0 Å². The molecule has 2 aromatic carbocycles. The molecule has 1 atom stereocenters. The Balaban J connectivity index is 1.92. The first-order valence-electron chi connectivity index (χ1n) is 8.26. The van der Waals surface area contributed by atoms with E-state index < -0.39 is 18.0 Å². The number of methoxy groups -OCH3 is 2. The Morgan fingerprint density at radius 1 is 0.923 bits per heavy atom. The molecular formula is C20H23NO5. The normalized spacial score (nSPS) is 11.5. The zero-order chi connectivity index (χ0) is 18.8. The SMILES string of the molecule is COC(=O)CNC(Cc1ccc(OCc2ccccc2)cc1)C(=O)OC. The van der Waals surface area contributed by atoms with Crippen LogP contribution >= 0.6 is 0 Å². The lowest BCUT2D eigenvalue weighted by Crippen LogP contribution is -2.42. The molecule has 0 radical (unpaired) electrons. The van der Waals surface area contributed by atoms with E-state index in [0.29, 0.717) is 13.0 Å². The smallest absolute Gasteiger partial charge is 0.323 e. The quantitative estimate of drug-likeness (QED) is 0.693. The van der Waals surface area contributed by atoms with E-state index in [1.54, 1.807) is 0 Å². The summed E-state index contributed by atoms with van der Waals surface area (Å²) in [5, 5.41) is 2.85. The van der Waals surface area contributed by atoms with Crippen LogP contribution < -0.4 is 10.1 Å². The molecule has 138 valence electrons. The van der Waals surface area contributed by atoms with Gasteiger partial charge in [0.1, 0.15) is 18.4 Å². The number of benzene rings is 2. The molecule has 0 bridgehead atoms. The Morgan fingerprint density at radius 3 is 2.23 bits per heavy atom. The van der Waals surface area contributed by atoms with Crippen molar-refractivity contribution in [2.75, 3.05) is 20.8 Å². The van der Waals surface area contributed by atoms with Gasteiger partial charge in [0.15, 0.2) is 0 Å². The zero-order valence-electron chi connectivity index (χ0n) is 14.9. The first-order valence-corrected chi connectivity index (χ1v) is 8.26. The number of ether oxygens (including phenoxy) is 3. The van der Waals surface area contributed by atoms with E-state index in [9.17, 15) is 9.59 Å². The number of hydrogen-bond acceptors (Lipinski definition) is 6. The van der Waals surface area contributed by atoms with Crippen LogP contribution in [0.1, 0.15) is 11.1 Å². The van der Waals surface area contributed by atoms with Gasteiger partial charge in [0, 0.05) is 0 Å². The van der Waals surface area contributed by atoms with Crippen LogP contribution in [0, 0.1) is 0 Å². The summed E-state index contributed by atoms with van der Waals surface area (Å²) in [6.07, 6.45) is 0.392. The van der Waals surface area contributed by atoms with E-state index in [1.807, 2.05) is 54.6 Å². The van der Waals surface area contributed by atoms with Crippen molar-refractivity contribution in [3.05, 3.63) is 65.7 Å². The molecular weight excluding hydrogens is 334 g/mol. The van der Waals surface area contributed by atoms with Gasteiger partial charge in [-0.05, 0) is 29.7 Å². The summed E-state index contributed by atoms with van der Waals surface area (Å²) < 4.78 is 15.1. The van der Waals surface area contributed by atoms with Crippen molar-refractivity contribution in [2.45, 2.75) is 19.1 Å². The van der Waals surface area contributed by atoms with Crippen LogP contribution in [-0.2, 0) is 32.1 Å². The summed E-state index contributed by atoms with van der Waals surface area (Å²) >= 11 is 0. The van der Waals surface area contributed by atoms with E-state index >= 15 is 0 Å². The first kappa shape index (κ1) is 19.5. The summed E-state index contributed by atoms with van der Waals surface area (Å²) in [6.45, 7) is 0.431. The summed E-state index contributed by atoms with van der Waals surface area (Å²) in [5.41, 5.74) is 2.01. The highest BCUT2D eigenvalue weighted by Gasteiger charge is 2.20. The maximum atomic E-state index is 11.9. The molecule has 2 rings (SSSR count). The summed E-state index contributed by atoms with van der Waals surface area (Å²) in [7, 11) is 2.61. The number of nitrogens with one attached hydrogen (secondary N) is 1. The number of carbonyl (C=O) groups excluding carboxylic acids is 2. The summed E-state index contributed by atoms with van der Waals surface area (Å²) in [4.78, 5) is 23.1. The fourth-order valence-corrected chi connectivity index (χ4v) is 2.36. The third-order valence-electron chi connectivity index (χ3n) is 3.82. The molecule has 0 heterocycles. The monoisotopic (exact) mass is 357 g/mol. The lowest BCUT2D eigenvalue weighted by molar-refractivity contribution is -0.144. The fourth-order valence-electron chi connectivity index (χ4n) is 2.36. The molecule has 0 aliphatic carbocycles. The maximum Gasteiger partial charge on any atom is 0.323 e. The van der Waals surface area contributed by atoms with Gasteiger partial charge in [-0.15, -0.1) is 0 Å². The molecule has 0 saturated carbocycles. The molecule has 0 aromatic heterocycles. The van der Waals surface area contributed by atoms with Crippen LogP contribution in [-0.4, -0.2) is 38.7 Å². The Morgan fingerprint density at radius 2 is 1.62 bits per heavy atom. The fraction of sp³-hybridized carbons (Fsp3) is 0.300. The Labute approximate surface area is 153 Å². The topological polar surface area (TPSA) is 73.9 Å². The van der Waals surface area contributed by atoms with Gasteiger partial charge >= 0.3 is 11.9 Å². The van der Waals surface area contributed by atoms with Crippen molar-refractivity contribution >= 4 is 11.9 Å². The van der Waals surface area contributed by atoms with Crippen molar-refractivity contribution < 1.29 is 23.8 Å². The van der Waals surface area contributed by atoms with Crippen LogP contribution in [0.4, 0.5) is 0 Å². The highest BCUT2D eigenvalue weighted by Crippen LogP contribution is 2.15. The second-order valence-electron chi connectivity index (χ2n) is 5.66. The van der Waals surface area contributed by atoms with E-state index in [4.69, 9.17) is 9.47 Å². The molecule has 6 nitrogen and oxygen atoms in total. The van der Waals surface area contributed by atoms with Crippen molar-refractivity contribution in [1.82, 2.24) is 5.32 Å². The molecule has 2 aromatic rings. The highest BCUT2D eigenvalue weighted by molar-refractivity contribution is 5.78. The van der Waals surface area contributed by atoms with Gasteiger partial charge in [0.05, 0.1) is 20.8 Å². The van der Waals surface area contributed by atoms with Crippen LogP contribution in [0.3, 0.4) is 0 Å². The van der Waals surface area contributed by atoms with Crippen LogP contribution in [0.15, 0.2) is 54.6 Å². The standard InChI is InChI=1S/C20H23NO5/c1-24-19(22)13-21-18(20(23)25-2)12-15-8-10-17(11-9-15)26-14-16-6-4-3-5-7-16/h3-11,18,21H,12-14H2,1-2H3. The molecule has 26 heavy (non-hydrogen) atoms. The molecule has 0 amide bonds. The van der Waals surface area contributed by atoms with Gasteiger partial charge in [-0.2, -0.15) is 0 Å². The summed E-state index contributed by atoms with van der Waals surface area (Å²) in [5.74, 6) is -0.128. The average Bonchev–Trinajstić information content (AvgIpc) is 2.70. The minimum atomic E-state index is -0.629. The Kier molecular flexibility index (Phi) is 7.64. The second kappa shape index (κ2) is 10.2. The predicted molar refractivity (Wildman–Crippen MR) is 96.7 cm³/mol. The Hall–Kier alpha value is -2.86.